The Hall–Kier alpha value is -2.08. The fraction of sp³-hybridized carbons (Fsp3) is 0.579. The Balaban J connectivity index is 1.42. The highest BCUT2D eigenvalue weighted by Crippen LogP contribution is 2.10. The van der Waals surface area contributed by atoms with Crippen molar-refractivity contribution in [3.05, 3.63) is 36.3 Å². The van der Waals surface area contributed by atoms with E-state index in [4.69, 9.17) is 0 Å². The van der Waals surface area contributed by atoms with Gasteiger partial charge in [-0.2, -0.15) is 0 Å². The van der Waals surface area contributed by atoms with Gasteiger partial charge in [-0.05, 0) is 37.9 Å². The first-order chi connectivity index (χ1) is 12.3. The van der Waals surface area contributed by atoms with Crippen LogP contribution in [0.4, 0.5) is 0 Å². The van der Waals surface area contributed by atoms with E-state index >= 15 is 0 Å². The van der Waals surface area contributed by atoms with Gasteiger partial charge in [0.25, 0.3) is 0 Å². The van der Waals surface area contributed by atoms with Crippen LogP contribution >= 0.6 is 0 Å². The number of piperidine rings is 1. The highest BCUT2D eigenvalue weighted by atomic mass is 15.2. The highest BCUT2D eigenvalue weighted by molar-refractivity contribution is 5.79. The topological polar surface area (TPSA) is 57.0 Å². The minimum atomic E-state index is 0.523. The van der Waals surface area contributed by atoms with Crippen molar-refractivity contribution in [2.45, 2.75) is 38.6 Å². The monoisotopic (exact) mass is 342 g/mol. The molecule has 0 radical (unpaired) electrons. The van der Waals surface area contributed by atoms with E-state index in [-0.39, 0.29) is 0 Å². The van der Waals surface area contributed by atoms with Crippen LogP contribution in [0.25, 0.3) is 5.65 Å². The summed E-state index contributed by atoms with van der Waals surface area (Å²) in [6.07, 6.45) is 8.63. The lowest BCUT2D eigenvalue weighted by molar-refractivity contribution is 0.206. The van der Waals surface area contributed by atoms with Crippen molar-refractivity contribution in [1.29, 1.82) is 0 Å². The maximum atomic E-state index is 4.63. The predicted octanol–water partition coefficient (Wildman–Crippen LogP) is 1.92. The molecule has 3 heterocycles. The average molecular weight is 342 g/mol. The van der Waals surface area contributed by atoms with E-state index in [0.29, 0.717) is 6.04 Å². The van der Waals surface area contributed by atoms with Crippen molar-refractivity contribution in [1.82, 2.24) is 24.9 Å². The lowest BCUT2D eigenvalue weighted by Gasteiger charge is -2.32. The van der Waals surface area contributed by atoms with Crippen molar-refractivity contribution >= 4 is 11.6 Å². The molecule has 25 heavy (non-hydrogen) atoms. The van der Waals surface area contributed by atoms with E-state index in [2.05, 4.69) is 43.0 Å². The van der Waals surface area contributed by atoms with Crippen LogP contribution in [0.3, 0.4) is 0 Å². The van der Waals surface area contributed by atoms with E-state index < -0.39 is 0 Å². The molecule has 0 aromatic carbocycles. The fourth-order valence-electron chi connectivity index (χ4n) is 3.42. The molecular formula is C19H30N6. The van der Waals surface area contributed by atoms with Crippen molar-refractivity contribution in [2.24, 2.45) is 4.99 Å². The first-order valence-electron chi connectivity index (χ1n) is 9.40. The minimum Gasteiger partial charge on any atom is -0.356 e. The fourth-order valence-corrected chi connectivity index (χ4v) is 3.42. The molecule has 1 aliphatic rings. The quantitative estimate of drug-likeness (QED) is 0.622. The average Bonchev–Trinajstić information content (AvgIpc) is 3.05. The normalized spacial score (nSPS) is 17.1. The number of aromatic nitrogens is 2. The maximum absolute atomic E-state index is 4.63. The molecule has 3 rings (SSSR count). The molecule has 1 fully saturated rings. The van der Waals surface area contributed by atoms with Gasteiger partial charge in [0.05, 0.1) is 5.69 Å². The molecule has 6 heteroatoms. The summed E-state index contributed by atoms with van der Waals surface area (Å²) in [6, 6.07) is 6.59. The third kappa shape index (κ3) is 4.95. The number of imidazole rings is 1. The Morgan fingerprint density at radius 1 is 1.32 bits per heavy atom. The third-order valence-electron chi connectivity index (χ3n) is 4.78. The largest absolute Gasteiger partial charge is 0.356 e. The van der Waals surface area contributed by atoms with Crippen LogP contribution in [0, 0.1) is 0 Å². The second-order valence-corrected chi connectivity index (χ2v) is 6.71. The van der Waals surface area contributed by atoms with Gasteiger partial charge < -0.3 is 19.9 Å². The Bertz CT molecular complexity index is 651. The van der Waals surface area contributed by atoms with Crippen LogP contribution < -0.4 is 10.6 Å². The Labute approximate surface area is 150 Å². The van der Waals surface area contributed by atoms with E-state index in [9.17, 15) is 0 Å². The van der Waals surface area contributed by atoms with Gasteiger partial charge in [-0.25, -0.2) is 4.98 Å². The van der Waals surface area contributed by atoms with E-state index in [1.165, 1.54) is 38.9 Å². The lowest BCUT2D eigenvalue weighted by atomic mass is 10.1. The first kappa shape index (κ1) is 17.7. The summed E-state index contributed by atoms with van der Waals surface area (Å²) in [7, 11) is 1.84. The second kappa shape index (κ2) is 8.85. The minimum absolute atomic E-state index is 0.523. The van der Waals surface area contributed by atoms with Gasteiger partial charge in [0.2, 0.25) is 0 Å². The summed E-state index contributed by atoms with van der Waals surface area (Å²) in [5.41, 5.74) is 2.10. The standard InChI is InChI=1S/C19H30N6/c1-3-11-24-13-8-16(9-14-24)23-19(20-2)21-10-7-17-15-25-12-5-4-6-18(25)22-17/h4-6,12,15-16H,3,7-11,13-14H2,1-2H3,(H2,20,21,23). The summed E-state index contributed by atoms with van der Waals surface area (Å²) >= 11 is 0. The molecule has 0 spiro atoms. The summed E-state index contributed by atoms with van der Waals surface area (Å²) in [6.45, 7) is 6.67. The van der Waals surface area contributed by atoms with Crippen LogP contribution in [0.5, 0.6) is 0 Å². The van der Waals surface area contributed by atoms with Crippen LogP contribution in [-0.4, -0.2) is 59.5 Å². The molecule has 0 atom stereocenters. The molecule has 1 saturated heterocycles. The van der Waals surface area contributed by atoms with Gasteiger partial charge in [0, 0.05) is 51.5 Å². The van der Waals surface area contributed by atoms with Crippen molar-refractivity contribution in [3.63, 3.8) is 0 Å². The highest BCUT2D eigenvalue weighted by Gasteiger charge is 2.19. The molecule has 0 amide bonds. The SMILES string of the molecule is CCCN1CCC(NC(=NC)NCCc2cn3ccccc3n2)CC1. The molecule has 0 unspecified atom stereocenters. The molecule has 2 N–H and O–H groups in total. The first-order valence-corrected chi connectivity index (χ1v) is 9.40. The number of fused-ring (bicyclic) bond motifs is 1. The molecular weight excluding hydrogens is 312 g/mol. The van der Waals surface area contributed by atoms with E-state index in [1.54, 1.807) is 0 Å². The lowest BCUT2D eigenvalue weighted by Crippen LogP contribution is -2.49. The summed E-state index contributed by atoms with van der Waals surface area (Å²) in [5, 5.41) is 6.99. The molecule has 1 aliphatic heterocycles. The zero-order valence-electron chi connectivity index (χ0n) is 15.4. The van der Waals surface area contributed by atoms with Crippen molar-refractivity contribution < 1.29 is 0 Å². The number of hydrogen-bond donors (Lipinski definition) is 2. The number of rotatable bonds is 6. The second-order valence-electron chi connectivity index (χ2n) is 6.71. The summed E-state index contributed by atoms with van der Waals surface area (Å²) in [4.78, 5) is 11.6. The number of aliphatic imine (C=N–C) groups is 1. The van der Waals surface area contributed by atoms with Crippen LogP contribution in [0.15, 0.2) is 35.6 Å². The number of pyridine rings is 1. The van der Waals surface area contributed by atoms with Gasteiger partial charge in [-0.15, -0.1) is 0 Å². The molecule has 6 nitrogen and oxygen atoms in total. The summed E-state index contributed by atoms with van der Waals surface area (Å²) in [5.74, 6) is 0.901. The Morgan fingerprint density at radius 3 is 2.88 bits per heavy atom. The predicted molar refractivity (Wildman–Crippen MR) is 103 cm³/mol. The molecule has 2 aromatic heterocycles. The van der Waals surface area contributed by atoms with Crippen LogP contribution in [0.2, 0.25) is 0 Å². The Morgan fingerprint density at radius 2 is 2.16 bits per heavy atom. The van der Waals surface area contributed by atoms with E-state index in [0.717, 1.165) is 30.3 Å². The van der Waals surface area contributed by atoms with Crippen molar-refractivity contribution in [3.8, 4) is 0 Å². The summed E-state index contributed by atoms with van der Waals surface area (Å²) < 4.78 is 2.06. The van der Waals surface area contributed by atoms with Gasteiger partial charge in [-0.3, -0.25) is 4.99 Å². The van der Waals surface area contributed by atoms with Gasteiger partial charge >= 0.3 is 0 Å². The molecule has 0 aliphatic carbocycles. The zero-order valence-corrected chi connectivity index (χ0v) is 15.4. The van der Waals surface area contributed by atoms with Gasteiger partial charge in [-0.1, -0.05) is 13.0 Å². The number of guanidine groups is 1. The number of nitrogens with zero attached hydrogens (tertiary/aromatic N) is 4. The van der Waals surface area contributed by atoms with Gasteiger partial charge in [0.1, 0.15) is 5.65 Å². The molecule has 0 saturated carbocycles. The molecule has 0 bridgehead atoms. The smallest absolute Gasteiger partial charge is 0.191 e. The van der Waals surface area contributed by atoms with Gasteiger partial charge in [0.15, 0.2) is 5.96 Å². The zero-order chi connectivity index (χ0) is 17.5. The number of likely N-dealkylation sites (tertiary alicyclic amines) is 1. The van der Waals surface area contributed by atoms with Crippen LogP contribution in [0.1, 0.15) is 31.9 Å². The number of hydrogen-bond acceptors (Lipinski definition) is 3. The van der Waals surface area contributed by atoms with E-state index in [1.807, 2.05) is 31.4 Å². The maximum Gasteiger partial charge on any atom is 0.191 e. The third-order valence-corrected chi connectivity index (χ3v) is 4.78. The molecule has 2 aromatic rings. The number of nitrogens with one attached hydrogen (secondary N) is 2. The van der Waals surface area contributed by atoms with Crippen LogP contribution in [-0.2, 0) is 6.42 Å². The van der Waals surface area contributed by atoms with Crippen molar-refractivity contribution in [2.75, 3.05) is 33.2 Å². The Kier molecular flexibility index (Phi) is 6.28. The molecule has 136 valence electrons.